The minimum atomic E-state index is -1.59. The summed E-state index contributed by atoms with van der Waals surface area (Å²) in [6.07, 6.45) is 4.97. The lowest BCUT2D eigenvalue weighted by Gasteiger charge is -2.39. The van der Waals surface area contributed by atoms with Gasteiger partial charge in [0.1, 0.15) is 17.3 Å². The Balaban J connectivity index is 2.46. The number of aromatic nitrogens is 1. The molecular formula is C21H25N4O5. The zero-order chi connectivity index (χ0) is 22.3. The lowest BCUT2D eigenvalue weighted by atomic mass is 9.84. The Morgan fingerprint density at radius 1 is 1.30 bits per heavy atom. The number of hydrogen-bond donors (Lipinski definition) is 4. The topological polar surface area (TPSA) is 146 Å². The number of aliphatic hydroxyl groups is 1. The first-order valence-corrected chi connectivity index (χ1v) is 9.27. The molecule has 9 nitrogen and oxygen atoms in total. The number of carbonyl (C=O) groups excluding carboxylic acids is 3. The summed E-state index contributed by atoms with van der Waals surface area (Å²) in [5, 5.41) is 21.6. The lowest BCUT2D eigenvalue weighted by Crippen LogP contribution is -2.58. The number of aliphatic hydroxyl groups excluding tert-OH is 1. The van der Waals surface area contributed by atoms with Crippen LogP contribution in [-0.2, 0) is 26.3 Å². The van der Waals surface area contributed by atoms with E-state index in [-0.39, 0.29) is 12.2 Å². The van der Waals surface area contributed by atoms with Crippen molar-refractivity contribution in [1.82, 2.24) is 15.2 Å². The van der Waals surface area contributed by atoms with Gasteiger partial charge < -0.3 is 26.2 Å². The molecule has 2 aromatic rings. The van der Waals surface area contributed by atoms with Crippen molar-refractivity contribution in [2.24, 2.45) is 5.73 Å². The fraction of sp³-hybridized carbons (Fsp3) is 0.333. The second-order valence-electron chi connectivity index (χ2n) is 6.98. The zero-order valence-corrected chi connectivity index (χ0v) is 16.8. The predicted octanol–water partition coefficient (Wildman–Crippen LogP) is -0.382. The number of phenols is 1. The number of carbonyl (C=O) groups is 2. The van der Waals surface area contributed by atoms with Crippen molar-refractivity contribution in [3.05, 3.63) is 59.9 Å². The molecule has 0 saturated heterocycles. The maximum atomic E-state index is 13.1. The van der Waals surface area contributed by atoms with E-state index >= 15 is 0 Å². The van der Waals surface area contributed by atoms with Crippen molar-refractivity contribution in [2.45, 2.75) is 31.0 Å². The Bertz CT molecular complexity index is 873. The number of nitrogens with zero attached hydrogens (tertiary/aromatic N) is 2. The number of phenolic OH excluding ortho intramolecular Hbond substituents is 1. The molecule has 0 aliphatic carbocycles. The van der Waals surface area contributed by atoms with Crippen LogP contribution < -0.4 is 11.1 Å². The normalized spacial score (nSPS) is 14.8. The predicted molar refractivity (Wildman–Crippen MR) is 109 cm³/mol. The number of hydrogen-bond acceptors (Lipinski definition) is 7. The van der Waals surface area contributed by atoms with Crippen molar-refractivity contribution in [2.75, 3.05) is 13.7 Å². The zero-order valence-electron chi connectivity index (χ0n) is 16.8. The molecule has 0 spiro atoms. The van der Waals surface area contributed by atoms with Crippen LogP contribution in [0.3, 0.4) is 0 Å². The SMILES string of the molecule is C[C@H](N)C(=O)N[C@@H](CO)C(=O)N(C)[C@]([C]=O)(Cc1ccc(O)cc1)c1cccnc1. The van der Waals surface area contributed by atoms with E-state index in [1.807, 2.05) is 6.29 Å². The van der Waals surface area contributed by atoms with Crippen molar-refractivity contribution in [1.29, 1.82) is 0 Å². The smallest absolute Gasteiger partial charge is 0.248 e. The van der Waals surface area contributed by atoms with Gasteiger partial charge in [-0.05, 0) is 30.7 Å². The molecule has 30 heavy (non-hydrogen) atoms. The summed E-state index contributed by atoms with van der Waals surface area (Å²) in [6, 6.07) is 7.27. The lowest BCUT2D eigenvalue weighted by molar-refractivity contribution is -0.140. The third-order valence-electron chi connectivity index (χ3n) is 4.82. The fourth-order valence-corrected chi connectivity index (χ4v) is 3.00. The minimum Gasteiger partial charge on any atom is -0.508 e. The molecule has 0 bridgehead atoms. The molecular weight excluding hydrogens is 388 g/mol. The van der Waals surface area contributed by atoms with Crippen molar-refractivity contribution >= 4 is 18.1 Å². The third kappa shape index (κ3) is 5.00. The van der Waals surface area contributed by atoms with Crippen LogP contribution >= 0.6 is 0 Å². The molecule has 0 saturated carbocycles. The average Bonchev–Trinajstić information content (AvgIpc) is 2.76. The fourth-order valence-electron chi connectivity index (χ4n) is 3.00. The highest BCUT2D eigenvalue weighted by molar-refractivity contribution is 5.91. The summed E-state index contributed by atoms with van der Waals surface area (Å²) in [6.45, 7) is 0.769. The number of benzene rings is 1. The molecule has 159 valence electrons. The van der Waals surface area contributed by atoms with Crippen LogP contribution in [0, 0.1) is 0 Å². The molecule has 1 radical (unpaired) electrons. The summed E-state index contributed by atoms with van der Waals surface area (Å²) in [4.78, 5) is 42.5. The molecule has 2 amide bonds. The van der Waals surface area contributed by atoms with E-state index in [0.29, 0.717) is 11.1 Å². The average molecular weight is 413 g/mol. The van der Waals surface area contributed by atoms with E-state index < -0.39 is 36.0 Å². The molecule has 1 aromatic heterocycles. The van der Waals surface area contributed by atoms with Crippen molar-refractivity contribution in [3.8, 4) is 5.75 Å². The van der Waals surface area contributed by atoms with Crippen LogP contribution in [0.15, 0.2) is 48.8 Å². The first kappa shape index (κ1) is 23.0. The van der Waals surface area contributed by atoms with Crippen LogP contribution in [0.5, 0.6) is 5.75 Å². The molecule has 0 unspecified atom stereocenters. The van der Waals surface area contributed by atoms with Crippen molar-refractivity contribution in [3.63, 3.8) is 0 Å². The first-order chi connectivity index (χ1) is 14.2. The van der Waals surface area contributed by atoms with Gasteiger partial charge in [-0.3, -0.25) is 19.4 Å². The van der Waals surface area contributed by atoms with Crippen LogP contribution in [0.25, 0.3) is 0 Å². The van der Waals surface area contributed by atoms with E-state index in [1.165, 1.54) is 38.5 Å². The maximum absolute atomic E-state index is 13.1. The van der Waals surface area contributed by atoms with Gasteiger partial charge in [-0.15, -0.1) is 0 Å². The number of nitrogens with one attached hydrogen (secondary N) is 1. The number of nitrogens with two attached hydrogens (primary N) is 1. The Kier molecular flexibility index (Phi) is 7.62. The molecule has 0 aliphatic heterocycles. The van der Waals surface area contributed by atoms with E-state index in [0.717, 1.165) is 4.90 Å². The summed E-state index contributed by atoms with van der Waals surface area (Å²) in [7, 11) is 1.39. The van der Waals surface area contributed by atoms with Crippen LogP contribution in [0.4, 0.5) is 0 Å². The quantitative estimate of drug-likeness (QED) is 0.438. The molecule has 1 heterocycles. The van der Waals surface area contributed by atoms with Gasteiger partial charge in [-0.1, -0.05) is 18.2 Å². The molecule has 0 fully saturated rings. The summed E-state index contributed by atoms with van der Waals surface area (Å²) in [5.41, 5.74) is 4.99. The Morgan fingerprint density at radius 2 is 1.97 bits per heavy atom. The monoisotopic (exact) mass is 413 g/mol. The van der Waals surface area contributed by atoms with Gasteiger partial charge in [0, 0.05) is 31.4 Å². The second kappa shape index (κ2) is 9.95. The highest BCUT2D eigenvalue weighted by atomic mass is 16.3. The first-order valence-electron chi connectivity index (χ1n) is 9.27. The maximum Gasteiger partial charge on any atom is 0.248 e. The Morgan fingerprint density at radius 3 is 2.47 bits per heavy atom. The number of amides is 2. The Hall–Kier alpha value is -3.30. The van der Waals surface area contributed by atoms with Gasteiger partial charge in [-0.2, -0.15) is 0 Å². The summed E-state index contributed by atoms with van der Waals surface area (Å²) in [5.74, 6) is -1.25. The third-order valence-corrected chi connectivity index (χ3v) is 4.82. The van der Waals surface area contributed by atoms with Gasteiger partial charge >= 0.3 is 0 Å². The van der Waals surface area contributed by atoms with Crippen LogP contribution in [0.1, 0.15) is 18.1 Å². The van der Waals surface area contributed by atoms with Crippen LogP contribution in [0.2, 0.25) is 0 Å². The van der Waals surface area contributed by atoms with Crippen LogP contribution in [-0.4, -0.2) is 63.9 Å². The Labute approximate surface area is 174 Å². The molecule has 5 N–H and O–H groups in total. The number of rotatable bonds is 9. The second-order valence-corrected chi connectivity index (χ2v) is 6.98. The van der Waals surface area contributed by atoms with Gasteiger partial charge in [0.15, 0.2) is 0 Å². The highest BCUT2D eigenvalue weighted by Gasteiger charge is 2.43. The highest BCUT2D eigenvalue weighted by Crippen LogP contribution is 2.30. The summed E-state index contributed by atoms with van der Waals surface area (Å²) >= 11 is 0. The largest absolute Gasteiger partial charge is 0.508 e. The molecule has 2 rings (SSSR count). The molecule has 9 heteroatoms. The van der Waals surface area contributed by atoms with Gasteiger partial charge in [0.2, 0.25) is 18.1 Å². The number of likely N-dealkylation sites (N-methyl/N-ethyl adjacent to an activating group) is 1. The van der Waals surface area contributed by atoms with E-state index in [1.54, 1.807) is 24.3 Å². The molecule has 3 atom stereocenters. The van der Waals surface area contributed by atoms with Gasteiger partial charge in [-0.25, -0.2) is 0 Å². The summed E-state index contributed by atoms with van der Waals surface area (Å²) < 4.78 is 0. The number of pyridine rings is 1. The minimum absolute atomic E-state index is 0.0318. The standard InChI is InChI=1S/C21H25N4O5/c1-14(22)19(29)24-18(12-26)20(30)25(2)21(13-27,16-4-3-9-23-11-16)10-15-5-7-17(28)8-6-15/h3-9,11,14,18,26,28H,10,12,22H2,1-2H3,(H,24,29)/t14-,18-,21-/m0/s1. The number of aromatic hydroxyl groups is 1. The van der Waals surface area contributed by atoms with E-state index in [9.17, 15) is 24.6 Å². The van der Waals surface area contributed by atoms with Crippen molar-refractivity contribution < 1.29 is 24.6 Å². The van der Waals surface area contributed by atoms with Gasteiger partial charge in [0.05, 0.1) is 12.6 Å². The van der Waals surface area contributed by atoms with Gasteiger partial charge in [0.25, 0.3) is 0 Å². The van der Waals surface area contributed by atoms with E-state index in [4.69, 9.17) is 5.73 Å². The molecule has 0 aliphatic rings. The van der Waals surface area contributed by atoms with E-state index in [2.05, 4.69) is 10.3 Å². The molecule has 1 aromatic carbocycles.